The molecule has 15 atom stereocenters. The molecular formula is C34H52O9. The number of ether oxygens (including phenoxy) is 3. The highest BCUT2D eigenvalue weighted by atomic mass is 16.7. The van der Waals surface area contributed by atoms with E-state index in [1.165, 1.54) is 12.0 Å². The molecule has 0 amide bonds. The van der Waals surface area contributed by atoms with Crippen LogP contribution in [0.5, 0.6) is 0 Å². The Labute approximate surface area is 255 Å². The van der Waals surface area contributed by atoms with Crippen LogP contribution >= 0.6 is 0 Å². The van der Waals surface area contributed by atoms with Crippen molar-refractivity contribution in [1.82, 2.24) is 0 Å². The second-order valence-electron chi connectivity index (χ2n) is 15.2. The van der Waals surface area contributed by atoms with Crippen LogP contribution in [-0.4, -0.2) is 87.1 Å². The molecular weight excluding hydrogens is 552 g/mol. The fraction of sp³-hybridized carbons (Fsp3) is 0.853. The lowest BCUT2D eigenvalue weighted by Gasteiger charge is -2.60. The molecule has 9 heteroatoms. The predicted octanol–water partition coefficient (Wildman–Crippen LogP) is 3.01. The number of rotatable bonds is 5. The van der Waals surface area contributed by atoms with Crippen molar-refractivity contribution in [2.75, 3.05) is 6.61 Å². The van der Waals surface area contributed by atoms with Gasteiger partial charge in [-0.25, -0.2) is 4.79 Å². The number of allylic oxidation sites excluding steroid dienone is 1. The molecule has 4 aliphatic carbocycles. The average Bonchev–Trinajstić information content (AvgIpc) is 3.33. The number of carbonyl (C=O) groups excluding carboxylic acids is 1. The largest absolute Gasteiger partial charge is 0.458 e. The molecule has 0 bridgehead atoms. The lowest BCUT2D eigenvalue weighted by molar-refractivity contribution is -0.315. The highest BCUT2D eigenvalue weighted by Gasteiger charge is 2.62. The maximum Gasteiger partial charge on any atom is 0.333 e. The van der Waals surface area contributed by atoms with E-state index in [1.54, 1.807) is 0 Å². The van der Waals surface area contributed by atoms with E-state index in [2.05, 4.69) is 33.8 Å². The lowest BCUT2D eigenvalue weighted by atomic mass is 9.46. The minimum Gasteiger partial charge on any atom is -0.458 e. The van der Waals surface area contributed by atoms with E-state index in [0.717, 1.165) is 43.3 Å². The number of hydrogen-bond acceptors (Lipinski definition) is 9. The van der Waals surface area contributed by atoms with Gasteiger partial charge in [-0.1, -0.05) is 38.0 Å². The zero-order valence-corrected chi connectivity index (χ0v) is 26.3. The molecule has 0 radical (unpaired) electrons. The third kappa shape index (κ3) is 4.97. The highest BCUT2D eigenvalue weighted by molar-refractivity contribution is 5.89. The predicted molar refractivity (Wildman–Crippen MR) is 157 cm³/mol. The van der Waals surface area contributed by atoms with Crippen LogP contribution in [0.3, 0.4) is 0 Å². The number of hydrogen-bond donors (Lipinski definition) is 5. The Morgan fingerprint density at radius 1 is 1.02 bits per heavy atom. The number of aliphatic hydroxyl groups excluding tert-OH is 5. The van der Waals surface area contributed by atoms with Gasteiger partial charge >= 0.3 is 5.97 Å². The van der Waals surface area contributed by atoms with Gasteiger partial charge in [0.25, 0.3) is 0 Å². The maximum atomic E-state index is 12.5. The summed E-state index contributed by atoms with van der Waals surface area (Å²) in [7, 11) is 0. The van der Waals surface area contributed by atoms with Crippen molar-refractivity contribution >= 4 is 5.97 Å². The fourth-order valence-electron chi connectivity index (χ4n) is 10.5. The molecule has 2 heterocycles. The van der Waals surface area contributed by atoms with Crippen LogP contribution in [0.1, 0.15) is 86.0 Å². The summed E-state index contributed by atoms with van der Waals surface area (Å²) in [5.74, 6) is 2.03. The van der Waals surface area contributed by atoms with Crippen molar-refractivity contribution in [3.8, 4) is 0 Å². The Hall–Kier alpha value is -1.33. The standard InChI is InChI=1S/C34H52O9/c1-16-12-25(42-31(40)17(16)2)18(3)22-8-9-23-21-7-6-19-13-20(41-32-30(39)29(38)28(37)26(15-35)43-32)14-27(36)34(19,5)24(21)10-11-33(22,23)4/h6,18,20-30,32,35-39H,7-15H2,1-5H3/t18-,20+,21-,22+,23-,24-,25+,26+,27-,28+,29-,30+,32+,33+,34-/m0/s1. The number of esters is 1. The second kappa shape index (κ2) is 11.5. The van der Waals surface area contributed by atoms with E-state index in [9.17, 15) is 30.3 Å². The third-order valence-electron chi connectivity index (χ3n) is 13.3. The van der Waals surface area contributed by atoms with Crippen molar-refractivity contribution in [2.45, 2.75) is 135 Å². The molecule has 0 spiro atoms. The van der Waals surface area contributed by atoms with E-state index < -0.39 is 49.5 Å². The van der Waals surface area contributed by atoms with E-state index in [1.807, 2.05) is 6.92 Å². The van der Waals surface area contributed by atoms with Gasteiger partial charge in [0.15, 0.2) is 6.29 Å². The maximum absolute atomic E-state index is 12.5. The average molecular weight is 605 g/mol. The summed E-state index contributed by atoms with van der Waals surface area (Å²) in [6.07, 6.45) is 1.84. The van der Waals surface area contributed by atoms with Crippen LogP contribution in [0.25, 0.3) is 0 Å². The SMILES string of the molecule is CC1=C(C)C(=O)O[C@@H]([C@@H](C)[C@H]2CC[C@H]3[C@@H]4CC=C5C[C@@H](O[C@@H]6O[C@H](CO)[C@@H](O)[C@H](O)[C@H]6O)C[C@H](O)[C@]5(C)[C@H]4CC[C@]23C)C1. The van der Waals surface area contributed by atoms with Gasteiger partial charge in [-0.15, -0.1) is 0 Å². The first-order valence-corrected chi connectivity index (χ1v) is 16.5. The molecule has 5 N–H and O–H groups in total. The van der Waals surface area contributed by atoms with E-state index in [4.69, 9.17) is 14.2 Å². The molecule has 2 aliphatic heterocycles. The van der Waals surface area contributed by atoms with Gasteiger partial charge in [0.05, 0.1) is 18.8 Å². The van der Waals surface area contributed by atoms with Gasteiger partial charge in [-0.2, -0.15) is 0 Å². The first-order chi connectivity index (χ1) is 20.3. The summed E-state index contributed by atoms with van der Waals surface area (Å²) in [6.45, 7) is 10.4. The Morgan fingerprint density at radius 3 is 2.47 bits per heavy atom. The van der Waals surface area contributed by atoms with Crippen LogP contribution < -0.4 is 0 Å². The van der Waals surface area contributed by atoms with Crippen LogP contribution in [0, 0.1) is 40.4 Å². The molecule has 4 fully saturated rings. The molecule has 0 aromatic heterocycles. The fourth-order valence-corrected chi connectivity index (χ4v) is 10.5. The summed E-state index contributed by atoms with van der Waals surface area (Å²) in [5.41, 5.74) is 2.91. The molecule has 0 aromatic rings. The molecule has 43 heavy (non-hydrogen) atoms. The van der Waals surface area contributed by atoms with E-state index in [0.29, 0.717) is 42.4 Å². The Morgan fingerprint density at radius 2 is 1.77 bits per heavy atom. The van der Waals surface area contributed by atoms with Gasteiger partial charge in [-0.05, 0) is 87.4 Å². The van der Waals surface area contributed by atoms with Crippen LogP contribution in [0.4, 0.5) is 0 Å². The van der Waals surface area contributed by atoms with Crippen LogP contribution in [-0.2, 0) is 19.0 Å². The lowest BCUT2D eigenvalue weighted by Crippen LogP contribution is -2.60. The van der Waals surface area contributed by atoms with Crippen molar-refractivity contribution < 1.29 is 44.5 Å². The van der Waals surface area contributed by atoms with Crippen molar-refractivity contribution in [3.63, 3.8) is 0 Å². The minimum atomic E-state index is -1.49. The Bertz CT molecular complexity index is 1150. The molecule has 6 rings (SSSR count). The molecule has 3 saturated carbocycles. The van der Waals surface area contributed by atoms with Crippen LogP contribution in [0.15, 0.2) is 22.8 Å². The van der Waals surface area contributed by atoms with E-state index in [-0.39, 0.29) is 22.9 Å². The summed E-state index contributed by atoms with van der Waals surface area (Å²) in [4.78, 5) is 12.5. The zero-order chi connectivity index (χ0) is 31.0. The van der Waals surface area contributed by atoms with E-state index >= 15 is 0 Å². The molecule has 1 saturated heterocycles. The van der Waals surface area contributed by atoms with Gasteiger partial charge in [0.1, 0.15) is 30.5 Å². The van der Waals surface area contributed by atoms with Crippen molar-refractivity contribution in [3.05, 3.63) is 22.8 Å². The summed E-state index contributed by atoms with van der Waals surface area (Å²) >= 11 is 0. The number of fused-ring (bicyclic) bond motifs is 5. The Balaban J connectivity index is 1.17. The van der Waals surface area contributed by atoms with Crippen molar-refractivity contribution in [2.24, 2.45) is 40.4 Å². The quantitative estimate of drug-likeness (QED) is 0.236. The highest BCUT2D eigenvalue weighted by Crippen LogP contribution is 2.67. The van der Waals surface area contributed by atoms with Gasteiger partial charge in [0.2, 0.25) is 0 Å². The topological polar surface area (TPSA) is 146 Å². The monoisotopic (exact) mass is 604 g/mol. The summed E-state index contributed by atoms with van der Waals surface area (Å²) in [5, 5.41) is 52.1. The first kappa shape index (κ1) is 31.6. The molecule has 0 unspecified atom stereocenters. The minimum absolute atomic E-state index is 0.0642. The molecule has 0 aromatic carbocycles. The molecule has 242 valence electrons. The number of aliphatic hydroxyl groups is 5. The second-order valence-corrected chi connectivity index (χ2v) is 15.2. The molecule has 9 nitrogen and oxygen atoms in total. The van der Waals surface area contributed by atoms with Crippen molar-refractivity contribution in [1.29, 1.82) is 0 Å². The van der Waals surface area contributed by atoms with Gasteiger partial charge in [-0.3, -0.25) is 0 Å². The number of cyclic esters (lactones) is 1. The summed E-state index contributed by atoms with van der Waals surface area (Å²) in [6, 6.07) is 0. The number of carbonyl (C=O) groups is 1. The summed E-state index contributed by atoms with van der Waals surface area (Å²) < 4.78 is 17.7. The Kier molecular flexibility index (Phi) is 8.45. The third-order valence-corrected chi connectivity index (χ3v) is 13.3. The van der Waals surface area contributed by atoms with Gasteiger partial charge in [0, 0.05) is 23.8 Å². The smallest absolute Gasteiger partial charge is 0.333 e. The zero-order valence-electron chi connectivity index (χ0n) is 26.3. The first-order valence-electron chi connectivity index (χ1n) is 16.5. The van der Waals surface area contributed by atoms with Gasteiger partial charge < -0.3 is 39.7 Å². The molecule has 6 aliphatic rings. The normalized spacial score (nSPS) is 50.7. The van der Waals surface area contributed by atoms with Crippen LogP contribution in [0.2, 0.25) is 0 Å².